The molecular formula is C23H18FN3O3. The van der Waals surface area contributed by atoms with Crippen LogP contribution in [0, 0.1) is 12.7 Å². The summed E-state index contributed by atoms with van der Waals surface area (Å²) in [5, 5.41) is 11.0. The summed E-state index contributed by atoms with van der Waals surface area (Å²) < 4.78 is 13.7. The summed E-state index contributed by atoms with van der Waals surface area (Å²) in [6.07, 6.45) is 6.35. The van der Waals surface area contributed by atoms with Crippen LogP contribution in [0.2, 0.25) is 0 Å². The van der Waals surface area contributed by atoms with Crippen LogP contribution in [0.25, 0.3) is 5.76 Å². The second-order valence-corrected chi connectivity index (χ2v) is 7.03. The molecule has 2 aromatic heterocycles. The van der Waals surface area contributed by atoms with Gasteiger partial charge in [-0.15, -0.1) is 0 Å². The zero-order chi connectivity index (χ0) is 21.3. The second kappa shape index (κ2) is 7.87. The fraction of sp³-hybridized carbons (Fsp3) is 0.130. The van der Waals surface area contributed by atoms with Gasteiger partial charge in [-0.3, -0.25) is 19.6 Å². The number of aliphatic hydroxyl groups is 1. The van der Waals surface area contributed by atoms with Gasteiger partial charge in [-0.1, -0.05) is 6.07 Å². The lowest BCUT2D eigenvalue weighted by Gasteiger charge is -2.25. The molecule has 0 saturated carbocycles. The van der Waals surface area contributed by atoms with Gasteiger partial charge in [-0.25, -0.2) is 4.39 Å². The number of hydrogen-bond donors (Lipinski definition) is 1. The first-order valence-corrected chi connectivity index (χ1v) is 9.31. The predicted octanol–water partition coefficient (Wildman–Crippen LogP) is 3.55. The normalized spacial score (nSPS) is 18.1. The Bertz CT molecular complexity index is 1150. The van der Waals surface area contributed by atoms with Crippen LogP contribution >= 0.6 is 0 Å². The van der Waals surface area contributed by atoms with Gasteiger partial charge in [0.1, 0.15) is 11.6 Å². The SMILES string of the molecule is Cc1cc(/C(O)=C2/C(=O)C(=O)N(Cc3cccnc3)C2c2ccncc2)ccc1F. The van der Waals surface area contributed by atoms with E-state index in [0.29, 0.717) is 11.1 Å². The van der Waals surface area contributed by atoms with Gasteiger partial charge in [0.2, 0.25) is 0 Å². The third kappa shape index (κ3) is 3.45. The number of benzene rings is 1. The molecule has 0 spiro atoms. The number of aryl methyl sites for hydroxylation is 1. The number of ketones is 1. The third-order valence-corrected chi connectivity index (χ3v) is 5.07. The Hall–Kier alpha value is -3.87. The Morgan fingerprint density at radius 2 is 1.87 bits per heavy atom. The molecule has 0 bridgehead atoms. The van der Waals surface area contributed by atoms with Crippen molar-refractivity contribution in [1.82, 2.24) is 14.9 Å². The molecule has 30 heavy (non-hydrogen) atoms. The largest absolute Gasteiger partial charge is 0.507 e. The fourth-order valence-electron chi connectivity index (χ4n) is 3.57. The molecule has 1 amide bonds. The van der Waals surface area contributed by atoms with Gasteiger partial charge >= 0.3 is 0 Å². The van der Waals surface area contributed by atoms with Gasteiger partial charge in [0.05, 0.1) is 11.6 Å². The van der Waals surface area contributed by atoms with Crippen molar-refractivity contribution in [2.75, 3.05) is 0 Å². The van der Waals surface area contributed by atoms with Gasteiger partial charge in [0, 0.05) is 36.9 Å². The highest BCUT2D eigenvalue weighted by atomic mass is 19.1. The van der Waals surface area contributed by atoms with Crippen molar-refractivity contribution in [3.05, 3.63) is 101 Å². The molecule has 1 atom stereocenters. The number of pyridine rings is 2. The summed E-state index contributed by atoms with van der Waals surface area (Å²) >= 11 is 0. The zero-order valence-corrected chi connectivity index (χ0v) is 16.1. The quantitative estimate of drug-likeness (QED) is 0.409. The third-order valence-electron chi connectivity index (χ3n) is 5.07. The van der Waals surface area contributed by atoms with E-state index < -0.39 is 23.5 Å². The summed E-state index contributed by atoms with van der Waals surface area (Å²) in [5.41, 5.74) is 1.93. The van der Waals surface area contributed by atoms with Crippen molar-refractivity contribution >= 4 is 17.4 Å². The number of aromatic nitrogens is 2. The average Bonchev–Trinajstić information content (AvgIpc) is 3.01. The molecule has 1 N–H and O–H groups in total. The van der Waals surface area contributed by atoms with Gasteiger partial charge in [-0.2, -0.15) is 0 Å². The first-order chi connectivity index (χ1) is 14.5. The van der Waals surface area contributed by atoms with Crippen LogP contribution in [0.3, 0.4) is 0 Å². The Balaban J connectivity index is 1.86. The minimum atomic E-state index is -0.807. The minimum Gasteiger partial charge on any atom is -0.507 e. The van der Waals surface area contributed by atoms with E-state index >= 15 is 0 Å². The minimum absolute atomic E-state index is 0.0406. The lowest BCUT2D eigenvalue weighted by Crippen LogP contribution is -2.29. The van der Waals surface area contributed by atoms with Crippen molar-refractivity contribution in [2.24, 2.45) is 0 Å². The Labute approximate surface area is 172 Å². The number of rotatable bonds is 4. The molecule has 1 fully saturated rings. The van der Waals surface area contributed by atoms with Crippen molar-refractivity contribution in [2.45, 2.75) is 19.5 Å². The molecule has 4 rings (SSSR count). The molecule has 1 aliphatic heterocycles. The molecule has 0 radical (unpaired) electrons. The molecule has 3 heterocycles. The highest BCUT2D eigenvalue weighted by molar-refractivity contribution is 6.46. The maximum Gasteiger partial charge on any atom is 0.295 e. The Morgan fingerprint density at radius 3 is 2.53 bits per heavy atom. The van der Waals surface area contributed by atoms with E-state index in [2.05, 4.69) is 9.97 Å². The Morgan fingerprint density at radius 1 is 1.10 bits per heavy atom. The van der Waals surface area contributed by atoms with E-state index in [1.807, 2.05) is 0 Å². The van der Waals surface area contributed by atoms with Crippen molar-refractivity contribution in [3.8, 4) is 0 Å². The van der Waals surface area contributed by atoms with Gasteiger partial charge in [0.15, 0.2) is 0 Å². The number of carbonyl (C=O) groups is 2. The summed E-state index contributed by atoms with van der Waals surface area (Å²) in [6.45, 7) is 1.71. The topological polar surface area (TPSA) is 83.4 Å². The number of aliphatic hydroxyl groups excluding tert-OH is 1. The molecular weight excluding hydrogens is 385 g/mol. The fourth-order valence-corrected chi connectivity index (χ4v) is 3.57. The molecule has 0 aliphatic carbocycles. The number of hydrogen-bond acceptors (Lipinski definition) is 5. The summed E-state index contributed by atoms with van der Waals surface area (Å²) in [7, 11) is 0. The van der Waals surface area contributed by atoms with Crippen LogP contribution in [-0.2, 0) is 16.1 Å². The van der Waals surface area contributed by atoms with Crippen LogP contribution in [0.1, 0.15) is 28.3 Å². The molecule has 7 heteroatoms. The smallest absolute Gasteiger partial charge is 0.295 e. The van der Waals surface area contributed by atoms with E-state index in [9.17, 15) is 19.1 Å². The highest BCUT2D eigenvalue weighted by Crippen LogP contribution is 2.40. The van der Waals surface area contributed by atoms with Crippen molar-refractivity contribution in [1.29, 1.82) is 0 Å². The molecule has 1 aliphatic rings. The molecule has 3 aromatic rings. The van der Waals surface area contributed by atoms with Gasteiger partial charge in [0.25, 0.3) is 11.7 Å². The predicted molar refractivity (Wildman–Crippen MR) is 107 cm³/mol. The molecule has 150 valence electrons. The molecule has 1 aromatic carbocycles. The van der Waals surface area contributed by atoms with E-state index in [1.54, 1.807) is 56.0 Å². The van der Waals surface area contributed by atoms with Crippen LogP contribution in [-0.4, -0.2) is 31.7 Å². The van der Waals surface area contributed by atoms with Crippen LogP contribution in [0.5, 0.6) is 0 Å². The van der Waals surface area contributed by atoms with Crippen molar-refractivity contribution in [3.63, 3.8) is 0 Å². The summed E-state index contributed by atoms with van der Waals surface area (Å²) in [6, 6.07) is 10.2. The number of halogens is 1. The number of likely N-dealkylation sites (tertiary alicyclic amines) is 1. The van der Waals surface area contributed by atoms with E-state index in [1.165, 1.54) is 23.1 Å². The summed E-state index contributed by atoms with van der Waals surface area (Å²) in [4.78, 5) is 35.3. The van der Waals surface area contributed by atoms with Crippen LogP contribution in [0.4, 0.5) is 4.39 Å². The lowest BCUT2D eigenvalue weighted by atomic mass is 9.95. The van der Waals surface area contributed by atoms with E-state index in [4.69, 9.17) is 0 Å². The van der Waals surface area contributed by atoms with Crippen LogP contribution < -0.4 is 0 Å². The molecule has 6 nitrogen and oxygen atoms in total. The number of carbonyl (C=O) groups excluding carboxylic acids is 2. The molecule has 1 unspecified atom stereocenters. The number of Topliss-reactive ketones (excluding diaryl/α,β-unsaturated/α-hetero) is 1. The van der Waals surface area contributed by atoms with Crippen LogP contribution in [0.15, 0.2) is 72.8 Å². The first-order valence-electron chi connectivity index (χ1n) is 9.31. The van der Waals surface area contributed by atoms with E-state index in [-0.39, 0.29) is 23.4 Å². The standard InChI is InChI=1S/C23H18FN3O3/c1-14-11-17(4-5-18(14)24)21(28)19-20(16-6-9-25-10-7-16)27(23(30)22(19)29)13-15-3-2-8-26-12-15/h2-12,20,28H,13H2,1H3/b21-19-. The first kappa shape index (κ1) is 19.4. The van der Waals surface area contributed by atoms with Gasteiger partial charge < -0.3 is 10.0 Å². The van der Waals surface area contributed by atoms with Crippen molar-refractivity contribution < 1.29 is 19.1 Å². The highest BCUT2D eigenvalue weighted by Gasteiger charge is 2.46. The monoisotopic (exact) mass is 403 g/mol. The zero-order valence-electron chi connectivity index (χ0n) is 16.1. The molecule has 1 saturated heterocycles. The maximum absolute atomic E-state index is 13.7. The number of amides is 1. The summed E-state index contributed by atoms with van der Waals surface area (Å²) in [5.74, 6) is -2.28. The lowest BCUT2D eigenvalue weighted by molar-refractivity contribution is -0.140. The maximum atomic E-state index is 13.7. The van der Waals surface area contributed by atoms with E-state index in [0.717, 1.165) is 5.56 Å². The number of nitrogens with zero attached hydrogens (tertiary/aromatic N) is 3. The van der Waals surface area contributed by atoms with Gasteiger partial charge in [-0.05, 0) is 60.0 Å². The Kier molecular flexibility index (Phi) is 5.10. The second-order valence-electron chi connectivity index (χ2n) is 7.03. The average molecular weight is 403 g/mol.